The van der Waals surface area contributed by atoms with Gasteiger partial charge < -0.3 is 15.7 Å². The van der Waals surface area contributed by atoms with Gasteiger partial charge in [-0.05, 0) is 0 Å². The SMILES string of the molecule is NCCS(=O)(=O)NC1CN(C(=O)O)C1. The molecule has 1 saturated heterocycles. The first-order valence-corrected chi connectivity index (χ1v) is 5.78. The number of hydrogen-bond donors (Lipinski definition) is 3. The predicted molar refractivity (Wildman–Crippen MR) is 49.4 cm³/mol. The van der Waals surface area contributed by atoms with Gasteiger partial charge in [0, 0.05) is 19.6 Å². The van der Waals surface area contributed by atoms with Gasteiger partial charge >= 0.3 is 6.09 Å². The fourth-order valence-electron chi connectivity index (χ4n) is 1.18. The molecule has 0 spiro atoms. The Morgan fingerprint density at radius 2 is 2.14 bits per heavy atom. The molecule has 8 heteroatoms. The Morgan fingerprint density at radius 1 is 1.57 bits per heavy atom. The Bertz CT molecular complexity index is 309. The first-order chi connectivity index (χ1) is 6.44. The van der Waals surface area contributed by atoms with Gasteiger partial charge in [0.25, 0.3) is 0 Å². The highest BCUT2D eigenvalue weighted by atomic mass is 32.2. The van der Waals surface area contributed by atoms with Crippen LogP contribution in [0.5, 0.6) is 0 Å². The highest BCUT2D eigenvalue weighted by molar-refractivity contribution is 7.89. The number of amides is 1. The Morgan fingerprint density at radius 3 is 2.57 bits per heavy atom. The van der Waals surface area contributed by atoms with Gasteiger partial charge in [0.2, 0.25) is 10.0 Å². The van der Waals surface area contributed by atoms with Crippen LogP contribution in [0.4, 0.5) is 4.79 Å². The molecular formula is C6H13N3O4S. The van der Waals surface area contributed by atoms with Gasteiger partial charge in [-0.3, -0.25) is 0 Å². The van der Waals surface area contributed by atoms with Crippen molar-refractivity contribution in [1.82, 2.24) is 9.62 Å². The fourth-order valence-corrected chi connectivity index (χ4v) is 2.26. The zero-order valence-electron chi connectivity index (χ0n) is 7.51. The van der Waals surface area contributed by atoms with E-state index in [1.807, 2.05) is 0 Å². The zero-order valence-corrected chi connectivity index (χ0v) is 8.33. The molecule has 7 nitrogen and oxygen atoms in total. The maximum Gasteiger partial charge on any atom is 0.407 e. The summed E-state index contributed by atoms with van der Waals surface area (Å²) in [6.07, 6.45) is -1.03. The molecule has 0 aromatic rings. The average Bonchev–Trinajstić information content (AvgIpc) is 1.95. The monoisotopic (exact) mass is 223 g/mol. The summed E-state index contributed by atoms with van der Waals surface area (Å²) in [6, 6.07) is -0.303. The number of sulfonamides is 1. The maximum atomic E-state index is 11.2. The lowest BCUT2D eigenvalue weighted by Gasteiger charge is -2.36. The van der Waals surface area contributed by atoms with E-state index in [0.717, 1.165) is 4.90 Å². The van der Waals surface area contributed by atoms with E-state index >= 15 is 0 Å². The lowest BCUT2D eigenvalue weighted by Crippen LogP contribution is -2.61. The smallest absolute Gasteiger partial charge is 0.407 e. The summed E-state index contributed by atoms with van der Waals surface area (Å²) in [6.45, 7) is 0.475. The van der Waals surface area contributed by atoms with Crippen LogP contribution in [0.2, 0.25) is 0 Å². The van der Waals surface area contributed by atoms with Crippen molar-refractivity contribution in [3.8, 4) is 0 Å². The van der Waals surface area contributed by atoms with Gasteiger partial charge in [-0.15, -0.1) is 0 Å². The Kier molecular flexibility index (Phi) is 3.29. The second-order valence-electron chi connectivity index (χ2n) is 3.11. The molecule has 4 N–H and O–H groups in total. The van der Waals surface area contributed by atoms with Crippen LogP contribution in [0.15, 0.2) is 0 Å². The Balaban J connectivity index is 2.32. The number of likely N-dealkylation sites (tertiary alicyclic amines) is 1. The Hall–Kier alpha value is -0.860. The lowest BCUT2D eigenvalue weighted by atomic mass is 10.1. The van der Waals surface area contributed by atoms with Crippen molar-refractivity contribution in [2.45, 2.75) is 6.04 Å². The van der Waals surface area contributed by atoms with Crippen molar-refractivity contribution in [2.24, 2.45) is 5.73 Å². The predicted octanol–water partition coefficient (Wildman–Crippen LogP) is -1.77. The molecule has 1 aliphatic rings. The molecule has 0 saturated carbocycles. The van der Waals surface area contributed by atoms with Crippen LogP contribution in [-0.2, 0) is 10.0 Å². The molecule has 14 heavy (non-hydrogen) atoms. The number of nitrogens with zero attached hydrogens (tertiary/aromatic N) is 1. The first-order valence-electron chi connectivity index (χ1n) is 4.12. The van der Waals surface area contributed by atoms with Crippen LogP contribution in [0, 0.1) is 0 Å². The number of nitrogens with one attached hydrogen (secondary N) is 1. The molecule has 0 aromatic heterocycles. The van der Waals surface area contributed by atoms with Gasteiger partial charge in [0.05, 0.1) is 11.8 Å². The minimum Gasteiger partial charge on any atom is -0.465 e. The maximum absolute atomic E-state index is 11.2. The van der Waals surface area contributed by atoms with Crippen LogP contribution in [0.3, 0.4) is 0 Å². The van der Waals surface area contributed by atoms with Gasteiger partial charge in [-0.2, -0.15) is 0 Å². The standard InChI is InChI=1S/C6H13N3O4S/c7-1-2-14(12,13)8-5-3-9(4-5)6(10)11/h5,8H,1-4,7H2,(H,10,11). The number of carboxylic acid groups (broad SMARTS) is 1. The normalized spacial score (nSPS) is 17.9. The van der Waals surface area contributed by atoms with E-state index in [4.69, 9.17) is 10.8 Å². The van der Waals surface area contributed by atoms with Crippen LogP contribution in [0.25, 0.3) is 0 Å². The van der Waals surface area contributed by atoms with Crippen molar-refractivity contribution in [1.29, 1.82) is 0 Å². The second-order valence-corrected chi connectivity index (χ2v) is 4.98. The minimum atomic E-state index is -3.34. The van der Waals surface area contributed by atoms with E-state index in [1.54, 1.807) is 0 Å². The molecule has 0 atom stereocenters. The topological polar surface area (TPSA) is 113 Å². The fraction of sp³-hybridized carbons (Fsp3) is 0.833. The first kappa shape index (κ1) is 11.2. The van der Waals surface area contributed by atoms with Gasteiger partial charge in [0.1, 0.15) is 0 Å². The van der Waals surface area contributed by atoms with E-state index in [2.05, 4.69) is 4.72 Å². The highest BCUT2D eigenvalue weighted by Crippen LogP contribution is 2.08. The van der Waals surface area contributed by atoms with Crippen molar-refractivity contribution in [3.05, 3.63) is 0 Å². The summed E-state index contributed by atoms with van der Waals surface area (Å²) in [4.78, 5) is 11.5. The highest BCUT2D eigenvalue weighted by Gasteiger charge is 2.32. The summed E-state index contributed by atoms with van der Waals surface area (Å²) in [5.74, 6) is -0.128. The molecule has 0 unspecified atom stereocenters. The van der Waals surface area contributed by atoms with E-state index < -0.39 is 16.1 Å². The molecule has 1 heterocycles. The number of hydrogen-bond acceptors (Lipinski definition) is 4. The number of nitrogens with two attached hydrogens (primary N) is 1. The quantitative estimate of drug-likeness (QED) is 0.522. The largest absolute Gasteiger partial charge is 0.465 e. The third-order valence-electron chi connectivity index (χ3n) is 1.88. The van der Waals surface area contributed by atoms with Gasteiger partial charge in [-0.1, -0.05) is 0 Å². The van der Waals surface area contributed by atoms with Gasteiger partial charge in [0.15, 0.2) is 0 Å². The van der Waals surface area contributed by atoms with Crippen LogP contribution in [-0.4, -0.2) is 55.9 Å². The number of rotatable bonds is 4. The third-order valence-corrected chi connectivity index (χ3v) is 3.35. The molecule has 82 valence electrons. The van der Waals surface area contributed by atoms with Crippen molar-refractivity contribution in [2.75, 3.05) is 25.4 Å². The second kappa shape index (κ2) is 4.11. The molecule has 0 bridgehead atoms. The molecule has 1 rings (SSSR count). The van der Waals surface area contributed by atoms with E-state index in [1.165, 1.54) is 0 Å². The summed E-state index contributed by atoms with van der Waals surface area (Å²) in [5.41, 5.74) is 5.10. The molecule has 0 aromatic carbocycles. The molecule has 1 amide bonds. The third kappa shape index (κ3) is 2.82. The molecule has 1 aliphatic heterocycles. The summed E-state index contributed by atoms with van der Waals surface area (Å²) in [5, 5.41) is 8.48. The van der Waals surface area contributed by atoms with E-state index in [9.17, 15) is 13.2 Å². The molecule has 0 aliphatic carbocycles. The van der Waals surface area contributed by atoms with E-state index in [0.29, 0.717) is 0 Å². The van der Waals surface area contributed by atoms with Gasteiger partial charge in [-0.25, -0.2) is 17.9 Å². The molecule has 1 fully saturated rings. The lowest BCUT2D eigenvalue weighted by molar-refractivity contribution is 0.102. The Labute approximate surface area is 81.9 Å². The summed E-state index contributed by atoms with van der Waals surface area (Å²) < 4.78 is 24.7. The van der Waals surface area contributed by atoms with Crippen LogP contribution >= 0.6 is 0 Å². The van der Waals surface area contributed by atoms with E-state index in [-0.39, 0.29) is 31.4 Å². The summed E-state index contributed by atoms with van der Waals surface area (Å²) in [7, 11) is -3.34. The molecule has 0 radical (unpaired) electrons. The zero-order chi connectivity index (χ0) is 10.8. The van der Waals surface area contributed by atoms with Crippen LogP contribution < -0.4 is 10.5 Å². The average molecular weight is 223 g/mol. The van der Waals surface area contributed by atoms with Crippen molar-refractivity contribution in [3.63, 3.8) is 0 Å². The minimum absolute atomic E-state index is 0.0602. The van der Waals surface area contributed by atoms with Crippen LogP contribution in [0.1, 0.15) is 0 Å². The summed E-state index contributed by atoms with van der Waals surface area (Å²) >= 11 is 0. The van der Waals surface area contributed by atoms with Crippen molar-refractivity contribution < 1.29 is 18.3 Å². The van der Waals surface area contributed by atoms with Crippen molar-refractivity contribution >= 4 is 16.1 Å². The number of carbonyl (C=O) groups is 1. The molecular weight excluding hydrogens is 210 g/mol.